The van der Waals surface area contributed by atoms with E-state index < -0.39 is 5.97 Å². The van der Waals surface area contributed by atoms with Gasteiger partial charge in [-0.05, 0) is 17.7 Å². The van der Waals surface area contributed by atoms with Crippen molar-refractivity contribution in [2.75, 3.05) is 19.5 Å². The minimum Gasteiger partial charge on any atom is -0.478 e. The Morgan fingerprint density at radius 1 is 1.56 bits per heavy atom. The molecule has 88 valence electrons. The highest BCUT2D eigenvalue weighted by Gasteiger charge is 2.06. The van der Waals surface area contributed by atoms with Gasteiger partial charge in [0, 0.05) is 23.1 Å². The first-order chi connectivity index (χ1) is 7.65. The van der Waals surface area contributed by atoms with Crippen molar-refractivity contribution in [3.63, 3.8) is 0 Å². The first kappa shape index (κ1) is 13.5. The third kappa shape index (κ3) is 4.15. The molecule has 0 radical (unpaired) electrons. The van der Waals surface area contributed by atoms with Crippen LogP contribution in [0.4, 0.5) is 0 Å². The van der Waals surface area contributed by atoms with E-state index in [1.165, 1.54) is 0 Å². The Morgan fingerprint density at radius 2 is 2.31 bits per heavy atom. The van der Waals surface area contributed by atoms with Gasteiger partial charge in [0.2, 0.25) is 0 Å². The van der Waals surface area contributed by atoms with Crippen molar-refractivity contribution in [2.24, 2.45) is 0 Å². The van der Waals surface area contributed by atoms with E-state index in [-0.39, 0.29) is 0 Å². The van der Waals surface area contributed by atoms with Gasteiger partial charge in [-0.15, -0.1) is 0 Å². The molecule has 5 heteroatoms. The predicted molar refractivity (Wildman–Crippen MR) is 69.1 cm³/mol. The number of aromatic carboxylic acids is 1. The second-order valence-electron chi connectivity index (χ2n) is 3.16. The van der Waals surface area contributed by atoms with Gasteiger partial charge in [0.25, 0.3) is 0 Å². The molecule has 16 heavy (non-hydrogen) atoms. The topological polar surface area (TPSA) is 46.5 Å². The van der Waals surface area contributed by atoms with Crippen molar-refractivity contribution in [1.82, 2.24) is 0 Å². The van der Waals surface area contributed by atoms with Crippen molar-refractivity contribution >= 4 is 33.7 Å². The lowest BCUT2D eigenvalue weighted by Crippen LogP contribution is -1.97. The number of carbonyl (C=O) groups is 1. The Kier molecular flexibility index (Phi) is 5.87. The van der Waals surface area contributed by atoms with Crippen LogP contribution in [0.5, 0.6) is 0 Å². The molecule has 0 amide bonds. The summed E-state index contributed by atoms with van der Waals surface area (Å²) in [4.78, 5) is 10.7. The number of benzene rings is 1. The number of carboxylic acid groups (broad SMARTS) is 1. The second-order valence-corrected chi connectivity index (χ2v) is 5.12. The molecule has 0 bridgehead atoms. The summed E-state index contributed by atoms with van der Waals surface area (Å²) >= 11 is 5.13. The van der Waals surface area contributed by atoms with E-state index in [1.54, 1.807) is 31.0 Å². The van der Waals surface area contributed by atoms with Crippen molar-refractivity contribution in [3.8, 4) is 0 Å². The lowest BCUT2D eigenvalue weighted by Gasteiger charge is -2.05. The fourth-order valence-corrected chi connectivity index (χ4v) is 2.73. The van der Waals surface area contributed by atoms with Crippen LogP contribution in [0.15, 0.2) is 22.7 Å². The number of carboxylic acids is 1. The Labute approximate surface area is 107 Å². The highest BCUT2D eigenvalue weighted by Crippen LogP contribution is 2.23. The van der Waals surface area contributed by atoms with Gasteiger partial charge in [-0.2, -0.15) is 11.8 Å². The summed E-state index contributed by atoms with van der Waals surface area (Å²) in [6.45, 7) is 0.732. The number of rotatable bonds is 6. The third-order valence-corrected chi connectivity index (χ3v) is 3.70. The van der Waals surface area contributed by atoms with Gasteiger partial charge >= 0.3 is 5.97 Å². The van der Waals surface area contributed by atoms with Gasteiger partial charge in [0.1, 0.15) is 0 Å². The molecule has 0 aliphatic rings. The third-order valence-electron chi connectivity index (χ3n) is 1.99. The molecular formula is C11H13BrO3S. The van der Waals surface area contributed by atoms with Crippen LogP contribution in [0.25, 0.3) is 0 Å². The van der Waals surface area contributed by atoms with Crippen LogP contribution in [0.1, 0.15) is 15.9 Å². The van der Waals surface area contributed by atoms with Gasteiger partial charge in [-0.25, -0.2) is 4.79 Å². The molecule has 0 aliphatic carbocycles. The molecule has 0 aromatic heterocycles. The molecule has 0 unspecified atom stereocenters. The number of ether oxygens (including phenoxy) is 1. The van der Waals surface area contributed by atoms with Crippen molar-refractivity contribution in [3.05, 3.63) is 33.8 Å². The first-order valence-electron chi connectivity index (χ1n) is 4.73. The number of hydrogen-bond donors (Lipinski definition) is 1. The van der Waals surface area contributed by atoms with E-state index in [2.05, 4.69) is 15.9 Å². The monoisotopic (exact) mass is 304 g/mol. The van der Waals surface area contributed by atoms with E-state index >= 15 is 0 Å². The Bertz CT molecular complexity index is 368. The van der Waals surface area contributed by atoms with Crippen LogP contribution in [-0.4, -0.2) is 30.5 Å². The van der Waals surface area contributed by atoms with E-state index in [0.717, 1.165) is 28.1 Å². The highest BCUT2D eigenvalue weighted by molar-refractivity contribution is 9.10. The van der Waals surface area contributed by atoms with E-state index in [0.29, 0.717) is 5.56 Å². The van der Waals surface area contributed by atoms with Gasteiger partial charge in [-0.3, -0.25) is 0 Å². The average Bonchev–Trinajstić information content (AvgIpc) is 2.26. The van der Waals surface area contributed by atoms with Gasteiger partial charge in [0.15, 0.2) is 0 Å². The smallest absolute Gasteiger partial charge is 0.335 e. The largest absolute Gasteiger partial charge is 0.478 e. The molecule has 1 rings (SSSR count). The molecular weight excluding hydrogens is 292 g/mol. The molecule has 0 heterocycles. The summed E-state index contributed by atoms with van der Waals surface area (Å²) in [7, 11) is 1.68. The summed E-state index contributed by atoms with van der Waals surface area (Å²) in [5, 5.41) is 8.80. The molecule has 1 N–H and O–H groups in total. The lowest BCUT2D eigenvalue weighted by atomic mass is 10.1. The minimum absolute atomic E-state index is 0.303. The fraction of sp³-hybridized carbons (Fsp3) is 0.364. The maximum atomic E-state index is 10.7. The Hall–Kier alpha value is -0.520. The zero-order valence-electron chi connectivity index (χ0n) is 8.90. The minimum atomic E-state index is -0.903. The Morgan fingerprint density at radius 3 is 2.88 bits per heavy atom. The molecule has 0 saturated heterocycles. The van der Waals surface area contributed by atoms with Crippen LogP contribution in [-0.2, 0) is 10.5 Å². The molecule has 0 spiro atoms. The van der Waals surface area contributed by atoms with Crippen LogP contribution in [0.2, 0.25) is 0 Å². The molecule has 1 aromatic carbocycles. The summed E-state index contributed by atoms with van der Waals surface area (Å²) < 4.78 is 5.80. The number of halogens is 1. The SMILES string of the molecule is COCCSCc1ccc(C(=O)O)cc1Br. The lowest BCUT2D eigenvalue weighted by molar-refractivity contribution is 0.0697. The van der Waals surface area contributed by atoms with Crippen LogP contribution in [0.3, 0.4) is 0 Å². The molecule has 0 aliphatic heterocycles. The quantitative estimate of drug-likeness (QED) is 0.821. The number of hydrogen-bond acceptors (Lipinski definition) is 3. The number of thioether (sulfide) groups is 1. The maximum Gasteiger partial charge on any atom is 0.335 e. The summed E-state index contributed by atoms with van der Waals surface area (Å²) in [5.74, 6) is 0.882. The van der Waals surface area contributed by atoms with Crippen LogP contribution in [0, 0.1) is 0 Å². The van der Waals surface area contributed by atoms with Crippen molar-refractivity contribution < 1.29 is 14.6 Å². The molecule has 0 saturated carbocycles. The molecule has 1 aromatic rings. The van der Waals surface area contributed by atoms with Crippen molar-refractivity contribution in [2.45, 2.75) is 5.75 Å². The van der Waals surface area contributed by atoms with Crippen molar-refractivity contribution in [1.29, 1.82) is 0 Å². The molecule has 3 nitrogen and oxygen atoms in total. The normalized spacial score (nSPS) is 10.4. The fourth-order valence-electron chi connectivity index (χ4n) is 1.12. The average molecular weight is 305 g/mol. The number of methoxy groups -OCH3 is 1. The van der Waals surface area contributed by atoms with Crippen LogP contribution < -0.4 is 0 Å². The summed E-state index contributed by atoms with van der Waals surface area (Å²) in [5.41, 5.74) is 1.41. The second kappa shape index (κ2) is 6.93. The standard InChI is InChI=1S/C11H13BrO3S/c1-15-4-5-16-7-9-3-2-8(11(13)14)6-10(9)12/h2-3,6H,4-5,7H2,1H3,(H,13,14). The Balaban J connectivity index is 2.57. The van der Waals surface area contributed by atoms with Gasteiger partial charge < -0.3 is 9.84 Å². The maximum absolute atomic E-state index is 10.7. The first-order valence-corrected chi connectivity index (χ1v) is 6.68. The van der Waals surface area contributed by atoms with E-state index in [4.69, 9.17) is 9.84 Å². The summed E-state index contributed by atoms with van der Waals surface area (Å²) in [6.07, 6.45) is 0. The zero-order valence-corrected chi connectivity index (χ0v) is 11.3. The predicted octanol–water partition coefficient (Wildman–Crippen LogP) is 3.03. The summed E-state index contributed by atoms with van der Waals surface area (Å²) in [6, 6.07) is 5.10. The highest BCUT2D eigenvalue weighted by atomic mass is 79.9. The van der Waals surface area contributed by atoms with E-state index in [9.17, 15) is 4.79 Å². The molecule has 0 fully saturated rings. The molecule has 0 atom stereocenters. The van der Waals surface area contributed by atoms with Crippen LogP contribution >= 0.6 is 27.7 Å². The zero-order chi connectivity index (χ0) is 12.0. The van der Waals surface area contributed by atoms with Gasteiger partial charge in [0.05, 0.1) is 12.2 Å². The van der Waals surface area contributed by atoms with E-state index in [1.807, 2.05) is 6.07 Å². The van der Waals surface area contributed by atoms with Gasteiger partial charge in [-0.1, -0.05) is 22.0 Å².